The van der Waals surface area contributed by atoms with Crippen molar-refractivity contribution < 1.29 is 4.79 Å². The Balaban J connectivity index is 1.60. The first-order chi connectivity index (χ1) is 13.1. The second-order valence-electron chi connectivity index (χ2n) is 7.88. The molecule has 27 heavy (non-hydrogen) atoms. The van der Waals surface area contributed by atoms with Crippen molar-refractivity contribution in [3.8, 4) is 0 Å². The number of hydrogen-bond donors (Lipinski definition) is 3. The minimum Gasteiger partial charge on any atom is -0.341 e. The summed E-state index contributed by atoms with van der Waals surface area (Å²) >= 11 is 0. The lowest BCUT2D eigenvalue weighted by Crippen LogP contribution is -2.31. The predicted octanol–water partition coefficient (Wildman–Crippen LogP) is 4.07. The van der Waals surface area contributed by atoms with Gasteiger partial charge in [-0.25, -0.2) is 4.98 Å². The third-order valence-electron chi connectivity index (χ3n) is 5.27. The van der Waals surface area contributed by atoms with Gasteiger partial charge in [-0.3, -0.25) is 9.89 Å². The zero-order valence-electron chi connectivity index (χ0n) is 16.0. The molecule has 1 unspecified atom stereocenters. The van der Waals surface area contributed by atoms with Crippen LogP contribution >= 0.6 is 0 Å². The molecule has 6 heteroatoms. The van der Waals surface area contributed by atoms with E-state index in [4.69, 9.17) is 4.98 Å². The Morgan fingerprint density at radius 2 is 2.00 bits per heavy atom. The van der Waals surface area contributed by atoms with E-state index in [0.717, 1.165) is 60.2 Å². The number of nitrogens with zero attached hydrogens (tertiary/aromatic N) is 2. The van der Waals surface area contributed by atoms with Crippen molar-refractivity contribution in [2.24, 2.45) is 5.92 Å². The van der Waals surface area contributed by atoms with Crippen LogP contribution in [0, 0.1) is 5.92 Å². The second kappa shape index (κ2) is 7.55. The van der Waals surface area contributed by atoms with Crippen molar-refractivity contribution in [2.45, 2.75) is 58.4 Å². The molecule has 1 aliphatic rings. The van der Waals surface area contributed by atoms with Crippen molar-refractivity contribution in [2.75, 3.05) is 0 Å². The Morgan fingerprint density at radius 1 is 1.19 bits per heavy atom. The van der Waals surface area contributed by atoms with Gasteiger partial charge >= 0.3 is 0 Å². The molecule has 3 N–H and O–H groups in total. The molecule has 0 radical (unpaired) electrons. The number of rotatable bonds is 5. The lowest BCUT2D eigenvalue weighted by atomic mass is 10.0. The largest absolute Gasteiger partial charge is 0.341 e. The molecule has 0 fully saturated rings. The zero-order chi connectivity index (χ0) is 18.8. The summed E-state index contributed by atoms with van der Waals surface area (Å²) in [5.41, 5.74) is 4.68. The molecule has 0 bridgehead atoms. The third kappa shape index (κ3) is 3.75. The number of imidazole rings is 1. The highest BCUT2D eigenvalue weighted by molar-refractivity contribution is 5.94. The van der Waals surface area contributed by atoms with Gasteiger partial charge in [0.15, 0.2) is 5.69 Å². The Kier molecular flexibility index (Phi) is 4.97. The fourth-order valence-electron chi connectivity index (χ4n) is 3.92. The van der Waals surface area contributed by atoms with Gasteiger partial charge in [0.25, 0.3) is 5.91 Å². The molecule has 1 amide bonds. The number of para-hydroxylation sites is 2. The van der Waals surface area contributed by atoms with Crippen LogP contribution in [0.1, 0.15) is 73.1 Å². The Labute approximate surface area is 159 Å². The summed E-state index contributed by atoms with van der Waals surface area (Å²) in [7, 11) is 0. The normalized spacial score (nSPS) is 15.5. The molecule has 0 saturated carbocycles. The molecule has 2 heterocycles. The molecule has 3 aromatic rings. The molecular formula is C21H27N5O. The van der Waals surface area contributed by atoms with Gasteiger partial charge in [-0.15, -0.1) is 0 Å². The van der Waals surface area contributed by atoms with Gasteiger partial charge in [0.1, 0.15) is 5.82 Å². The Bertz CT molecular complexity index is 906. The second-order valence-corrected chi connectivity index (χ2v) is 7.88. The maximum atomic E-state index is 13.0. The third-order valence-corrected chi connectivity index (χ3v) is 5.27. The number of H-pyrrole nitrogens is 2. The highest BCUT2D eigenvalue weighted by atomic mass is 16.2. The summed E-state index contributed by atoms with van der Waals surface area (Å²) in [5.74, 6) is 1.13. The molecule has 142 valence electrons. The van der Waals surface area contributed by atoms with Crippen LogP contribution < -0.4 is 5.32 Å². The van der Waals surface area contributed by atoms with E-state index < -0.39 is 0 Å². The maximum Gasteiger partial charge on any atom is 0.272 e. The number of fused-ring (bicyclic) bond motifs is 2. The molecular weight excluding hydrogens is 338 g/mol. The van der Waals surface area contributed by atoms with Crippen molar-refractivity contribution in [1.29, 1.82) is 0 Å². The highest BCUT2D eigenvalue weighted by Gasteiger charge is 2.25. The van der Waals surface area contributed by atoms with E-state index in [0.29, 0.717) is 11.6 Å². The molecule has 0 aliphatic heterocycles. The summed E-state index contributed by atoms with van der Waals surface area (Å²) < 4.78 is 0. The summed E-state index contributed by atoms with van der Waals surface area (Å²) in [6.07, 6.45) is 6.20. The highest BCUT2D eigenvalue weighted by Crippen LogP contribution is 2.25. The molecule has 1 aliphatic carbocycles. The Hall–Kier alpha value is -2.63. The SMILES string of the molecule is CC(C)CC(NC(=O)c1n[nH]c2c1CCCCC2)c1nc2ccccc2[nH]1. The van der Waals surface area contributed by atoms with E-state index in [2.05, 4.69) is 34.3 Å². The molecule has 1 atom stereocenters. The number of amides is 1. The summed E-state index contributed by atoms with van der Waals surface area (Å²) in [4.78, 5) is 21.1. The van der Waals surface area contributed by atoms with E-state index in [9.17, 15) is 4.79 Å². The fourth-order valence-corrected chi connectivity index (χ4v) is 3.92. The van der Waals surface area contributed by atoms with Crippen LogP contribution in [0.15, 0.2) is 24.3 Å². The van der Waals surface area contributed by atoms with E-state index in [1.54, 1.807) is 0 Å². The van der Waals surface area contributed by atoms with Crippen LogP contribution in [0.4, 0.5) is 0 Å². The summed E-state index contributed by atoms with van der Waals surface area (Å²) in [6, 6.07) is 7.79. The van der Waals surface area contributed by atoms with E-state index in [-0.39, 0.29) is 11.9 Å². The number of aromatic amines is 2. The van der Waals surface area contributed by atoms with Crippen LogP contribution in [0.25, 0.3) is 11.0 Å². The smallest absolute Gasteiger partial charge is 0.272 e. The minimum atomic E-state index is -0.164. The quantitative estimate of drug-likeness (QED) is 0.596. The molecule has 1 aromatic carbocycles. The summed E-state index contributed by atoms with van der Waals surface area (Å²) in [6.45, 7) is 4.31. The monoisotopic (exact) mass is 365 g/mol. The zero-order valence-corrected chi connectivity index (χ0v) is 16.0. The van der Waals surface area contributed by atoms with Crippen molar-refractivity contribution in [1.82, 2.24) is 25.5 Å². The number of benzene rings is 1. The first kappa shape index (κ1) is 17.8. The topological polar surface area (TPSA) is 86.5 Å². The van der Waals surface area contributed by atoms with Gasteiger partial charge in [-0.2, -0.15) is 5.10 Å². The van der Waals surface area contributed by atoms with Crippen LogP contribution in [0.3, 0.4) is 0 Å². The Morgan fingerprint density at radius 3 is 2.81 bits per heavy atom. The first-order valence-electron chi connectivity index (χ1n) is 9.93. The van der Waals surface area contributed by atoms with Gasteiger partial charge in [-0.05, 0) is 50.2 Å². The molecule has 6 nitrogen and oxygen atoms in total. The predicted molar refractivity (Wildman–Crippen MR) is 106 cm³/mol. The van der Waals surface area contributed by atoms with Gasteiger partial charge < -0.3 is 10.3 Å². The lowest BCUT2D eigenvalue weighted by Gasteiger charge is -2.18. The van der Waals surface area contributed by atoms with Gasteiger partial charge in [0, 0.05) is 11.3 Å². The fraction of sp³-hybridized carbons (Fsp3) is 0.476. The molecule has 4 rings (SSSR count). The average Bonchev–Trinajstić information content (AvgIpc) is 3.18. The lowest BCUT2D eigenvalue weighted by molar-refractivity contribution is 0.0924. The molecule has 2 aromatic heterocycles. The van der Waals surface area contributed by atoms with Crippen molar-refractivity contribution >= 4 is 16.9 Å². The van der Waals surface area contributed by atoms with Crippen LogP contribution in [0.2, 0.25) is 0 Å². The number of hydrogen-bond acceptors (Lipinski definition) is 3. The number of carbonyl (C=O) groups is 1. The standard InChI is InChI=1S/C21H27N5O/c1-13(2)12-18(20-22-16-10-6-7-11-17(16)23-20)24-21(27)19-14-8-4-3-5-9-15(14)25-26-19/h6-7,10-11,13,18H,3-5,8-9,12H2,1-2H3,(H,22,23)(H,24,27)(H,25,26). The summed E-state index contributed by atoms with van der Waals surface area (Å²) in [5, 5.41) is 10.6. The number of nitrogens with one attached hydrogen (secondary N) is 3. The minimum absolute atomic E-state index is 0.111. The molecule has 0 saturated heterocycles. The van der Waals surface area contributed by atoms with Crippen LogP contribution in [-0.2, 0) is 12.8 Å². The number of carbonyl (C=O) groups excluding carboxylic acids is 1. The van der Waals surface area contributed by atoms with Crippen molar-refractivity contribution in [3.63, 3.8) is 0 Å². The molecule has 0 spiro atoms. The van der Waals surface area contributed by atoms with Gasteiger partial charge in [0.2, 0.25) is 0 Å². The number of aryl methyl sites for hydroxylation is 1. The van der Waals surface area contributed by atoms with E-state index >= 15 is 0 Å². The van der Waals surface area contributed by atoms with Gasteiger partial charge in [0.05, 0.1) is 17.1 Å². The van der Waals surface area contributed by atoms with E-state index in [1.807, 2.05) is 24.3 Å². The van der Waals surface area contributed by atoms with Crippen LogP contribution in [-0.4, -0.2) is 26.1 Å². The van der Waals surface area contributed by atoms with E-state index in [1.165, 1.54) is 6.42 Å². The van der Waals surface area contributed by atoms with Crippen molar-refractivity contribution in [3.05, 3.63) is 47.0 Å². The van der Waals surface area contributed by atoms with Crippen LogP contribution in [0.5, 0.6) is 0 Å². The average molecular weight is 365 g/mol. The maximum absolute atomic E-state index is 13.0. The van der Waals surface area contributed by atoms with Gasteiger partial charge in [-0.1, -0.05) is 32.4 Å². The number of aromatic nitrogens is 4. The first-order valence-corrected chi connectivity index (χ1v) is 9.93.